The maximum absolute atomic E-state index is 6.67. The van der Waals surface area contributed by atoms with Crippen LogP contribution in [0.4, 0.5) is 0 Å². The fourth-order valence-electron chi connectivity index (χ4n) is 8.59. The van der Waals surface area contributed by atoms with Crippen LogP contribution in [0.2, 0.25) is 0 Å². The van der Waals surface area contributed by atoms with Gasteiger partial charge in [0.25, 0.3) is 0 Å². The Morgan fingerprint density at radius 3 is 1.16 bits per heavy atom. The van der Waals surface area contributed by atoms with Crippen molar-refractivity contribution in [2.24, 2.45) is 21.5 Å². The number of aliphatic imine (C=N–C) groups is 2. The van der Waals surface area contributed by atoms with E-state index in [1.54, 1.807) is 0 Å². The van der Waals surface area contributed by atoms with Gasteiger partial charge >= 0.3 is 0 Å². The minimum Gasteiger partial charge on any atom is -0.370 e. The highest BCUT2D eigenvalue weighted by atomic mass is 15.3. The Labute approximate surface area is 278 Å². The average molecular weight is 628 g/mol. The second-order valence-corrected chi connectivity index (χ2v) is 15.1. The van der Waals surface area contributed by atoms with E-state index in [1.807, 2.05) is 0 Å². The third-order valence-electron chi connectivity index (χ3n) is 11.4. The quantitative estimate of drug-likeness (QED) is 0.0808. The summed E-state index contributed by atoms with van der Waals surface area (Å²) in [5, 5.41) is 3.72. The largest absolute Gasteiger partial charge is 0.370 e. The Kier molecular flexibility index (Phi) is 17.9. The van der Waals surface area contributed by atoms with Crippen LogP contribution < -0.4 is 16.8 Å². The number of nitrogens with two attached hydrogens (primary N) is 2. The minimum absolute atomic E-state index is 0.469. The number of rotatable bonds is 18. The van der Waals surface area contributed by atoms with Gasteiger partial charge < -0.3 is 26.6 Å². The Morgan fingerprint density at radius 1 is 0.444 bits per heavy atom. The summed E-state index contributed by atoms with van der Waals surface area (Å²) in [5.74, 6) is 1.71. The molecule has 4 saturated carbocycles. The Balaban J connectivity index is 1.04. The van der Waals surface area contributed by atoms with E-state index in [-0.39, 0.29) is 0 Å². The molecule has 45 heavy (non-hydrogen) atoms. The molecule has 0 amide bonds. The van der Waals surface area contributed by atoms with Crippen molar-refractivity contribution in [3.8, 4) is 0 Å². The summed E-state index contributed by atoms with van der Waals surface area (Å²) in [4.78, 5) is 15.1. The van der Waals surface area contributed by atoms with Crippen LogP contribution in [0, 0.1) is 0 Å². The lowest BCUT2D eigenvalue weighted by Crippen LogP contribution is -2.46. The first kappa shape index (κ1) is 36.3. The number of nitrogens with zero attached hydrogens (tertiary/aromatic N) is 4. The molecule has 0 heterocycles. The van der Waals surface area contributed by atoms with E-state index in [0.717, 1.165) is 38.1 Å². The van der Waals surface area contributed by atoms with Crippen LogP contribution in [0.1, 0.15) is 180 Å². The van der Waals surface area contributed by atoms with Crippen LogP contribution in [0.5, 0.6) is 0 Å². The zero-order chi connectivity index (χ0) is 31.4. The third-order valence-corrected chi connectivity index (χ3v) is 11.4. The van der Waals surface area contributed by atoms with Crippen molar-refractivity contribution in [1.29, 1.82) is 0 Å². The van der Waals surface area contributed by atoms with Gasteiger partial charge in [-0.1, -0.05) is 103 Å². The second-order valence-electron chi connectivity index (χ2n) is 15.1. The molecule has 0 aromatic carbocycles. The Morgan fingerprint density at radius 2 is 0.778 bits per heavy atom. The minimum atomic E-state index is 0.469. The molecule has 0 radical (unpaired) electrons. The predicted octanol–water partition coefficient (Wildman–Crippen LogP) is 8.26. The predicted molar refractivity (Wildman–Crippen MR) is 194 cm³/mol. The van der Waals surface area contributed by atoms with Crippen LogP contribution in [0.15, 0.2) is 9.98 Å². The van der Waals surface area contributed by atoms with Crippen LogP contribution in [0.25, 0.3) is 0 Å². The highest BCUT2D eigenvalue weighted by Gasteiger charge is 2.25. The van der Waals surface area contributed by atoms with E-state index in [0.29, 0.717) is 24.2 Å². The summed E-state index contributed by atoms with van der Waals surface area (Å²) in [5.41, 5.74) is 13.3. The van der Waals surface area contributed by atoms with Gasteiger partial charge in [0.15, 0.2) is 11.9 Å². The van der Waals surface area contributed by atoms with Crippen molar-refractivity contribution in [2.75, 3.05) is 26.2 Å². The summed E-state index contributed by atoms with van der Waals surface area (Å²) in [7, 11) is 0. The summed E-state index contributed by atoms with van der Waals surface area (Å²) in [6, 6.07) is 2.18. The van der Waals surface area contributed by atoms with Crippen molar-refractivity contribution in [2.45, 2.75) is 204 Å². The Hall–Kier alpha value is -1.50. The van der Waals surface area contributed by atoms with Gasteiger partial charge in [-0.05, 0) is 90.1 Å². The lowest BCUT2D eigenvalue weighted by atomic mass is 9.94. The highest BCUT2D eigenvalue weighted by molar-refractivity contribution is 5.79. The summed E-state index contributed by atoms with van der Waals surface area (Å²) in [6.07, 6.45) is 36.6. The van der Waals surface area contributed by atoms with Crippen molar-refractivity contribution in [1.82, 2.24) is 15.1 Å². The number of unbranched alkanes of at least 4 members (excludes halogenated alkanes) is 6. The Bertz CT molecular complexity index is 739. The molecule has 4 aliphatic carbocycles. The van der Waals surface area contributed by atoms with Crippen molar-refractivity contribution in [3.05, 3.63) is 0 Å². The fraction of sp³-hybridized carbons (Fsp3) is 0.947. The van der Waals surface area contributed by atoms with E-state index in [4.69, 9.17) is 21.5 Å². The van der Waals surface area contributed by atoms with Gasteiger partial charge in [-0.25, -0.2) is 9.98 Å². The van der Waals surface area contributed by atoms with Crippen molar-refractivity contribution in [3.63, 3.8) is 0 Å². The first-order valence-corrected chi connectivity index (χ1v) is 20.1. The molecule has 0 unspecified atom stereocenters. The summed E-state index contributed by atoms with van der Waals surface area (Å²) >= 11 is 0. The van der Waals surface area contributed by atoms with Gasteiger partial charge in [0.1, 0.15) is 0 Å². The molecule has 7 heteroatoms. The smallest absolute Gasteiger partial charge is 0.191 e. The molecule has 0 aromatic heterocycles. The van der Waals surface area contributed by atoms with Crippen LogP contribution >= 0.6 is 0 Å². The van der Waals surface area contributed by atoms with E-state index in [9.17, 15) is 0 Å². The monoisotopic (exact) mass is 628 g/mol. The summed E-state index contributed by atoms with van der Waals surface area (Å²) in [6.45, 7) is 4.50. The van der Waals surface area contributed by atoms with Gasteiger partial charge in [-0.2, -0.15) is 0 Å². The molecule has 5 N–H and O–H groups in total. The number of hydrogen-bond acceptors (Lipinski definition) is 3. The van der Waals surface area contributed by atoms with Gasteiger partial charge in [0, 0.05) is 25.2 Å². The van der Waals surface area contributed by atoms with Crippen LogP contribution in [-0.2, 0) is 0 Å². The normalized spacial score (nSPS) is 22.1. The second kappa shape index (κ2) is 22.1. The van der Waals surface area contributed by atoms with Crippen LogP contribution in [-0.4, -0.2) is 72.1 Å². The molecule has 0 aromatic rings. The lowest BCUT2D eigenvalue weighted by Gasteiger charge is -2.36. The molecule has 7 nitrogen and oxygen atoms in total. The van der Waals surface area contributed by atoms with E-state index < -0.39 is 0 Å². The maximum atomic E-state index is 6.67. The standard InChI is InChI=1S/C38H73N7/c39-37(42-33-21-9-5-10-22-33)44(35-25-13-7-14-26-35)31-19-3-1-17-29-41-30-18-2-4-20-32-45(36-27-15-8-16-28-36)38(40)43-34-23-11-6-12-24-34/h33-36,41H,1-32H2,(H2,39,42)(H2,40,43). The maximum Gasteiger partial charge on any atom is 0.191 e. The molecular formula is C38H73N7. The zero-order valence-electron chi connectivity index (χ0n) is 29.4. The number of nitrogens with one attached hydrogen (secondary N) is 1. The zero-order valence-corrected chi connectivity index (χ0v) is 29.4. The lowest BCUT2D eigenvalue weighted by molar-refractivity contribution is 0.235. The van der Waals surface area contributed by atoms with Crippen LogP contribution in [0.3, 0.4) is 0 Å². The third kappa shape index (κ3) is 14.0. The molecule has 0 aliphatic heterocycles. The highest BCUT2D eigenvalue weighted by Crippen LogP contribution is 2.26. The molecule has 0 atom stereocenters. The fourth-order valence-corrected chi connectivity index (χ4v) is 8.59. The van der Waals surface area contributed by atoms with Gasteiger partial charge in [-0.15, -0.1) is 0 Å². The van der Waals surface area contributed by atoms with Gasteiger partial charge in [0.05, 0.1) is 12.1 Å². The topological polar surface area (TPSA) is 95.3 Å². The number of hydrogen-bond donors (Lipinski definition) is 3. The van der Waals surface area contributed by atoms with E-state index in [1.165, 1.54) is 180 Å². The molecule has 0 saturated heterocycles. The molecule has 0 spiro atoms. The van der Waals surface area contributed by atoms with Gasteiger partial charge in [0.2, 0.25) is 0 Å². The molecule has 4 fully saturated rings. The van der Waals surface area contributed by atoms with Crippen molar-refractivity contribution >= 4 is 11.9 Å². The summed E-state index contributed by atoms with van der Waals surface area (Å²) < 4.78 is 0. The molecule has 4 aliphatic rings. The molecule has 0 bridgehead atoms. The SMILES string of the molecule is NC(=NC1CCCCC1)N(CCCCCCNCCCCCCN(C(N)=NC1CCCCC1)C1CCCCC1)C1CCCCC1. The first-order chi connectivity index (χ1) is 22.2. The van der Waals surface area contributed by atoms with Gasteiger partial charge in [-0.3, -0.25) is 0 Å². The number of guanidine groups is 2. The average Bonchev–Trinajstić information content (AvgIpc) is 3.08. The van der Waals surface area contributed by atoms with E-state index >= 15 is 0 Å². The van der Waals surface area contributed by atoms with E-state index in [2.05, 4.69) is 15.1 Å². The molecular weight excluding hydrogens is 554 g/mol. The van der Waals surface area contributed by atoms with Crippen molar-refractivity contribution < 1.29 is 0 Å². The first-order valence-electron chi connectivity index (χ1n) is 20.1. The molecule has 4 rings (SSSR count). The molecule has 260 valence electrons.